The molecule has 1 aliphatic rings. The maximum atomic E-state index is 10.5. The van der Waals surface area contributed by atoms with Gasteiger partial charge in [-0.1, -0.05) is 0 Å². The molecular weight excluding hydrogens is 182 g/mol. The number of aryl methyl sites for hydroxylation is 1. The lowest BCUT2D eigenvalue weighted by atomic mass is 9.99. The van der Waals surface area contributed by atoms with E-state index in [0.717, 1.165) is 24.2 Å². The van der Waals surface area contributed by atoms with Crippen LogP contribution >= 0.6 is 0 Å². The number of rotatable bonds is 2. The summed E-state index contributed by atoms with van der Waals surface area (Å²) in [6, 6.07) is 1.86. The summed E-state index contributed by atoms with van der Waals surface area (Å²) in [5.41, 5.74) is 1.88. The molecule has 1 N–H and O–H groups in total. The normalized spacial score (nSPS) is 20.2. The number of pyridine rings is 1. The summed E-state index contributed by atoms with van der Waals surface area (Å²) in [5.74, 6) is 0. The van der Waals surface area contributed by atoms with Crippen LogP contribution in [0.1, 0.15) is 23.7 Å². The van der Waals surface area contributed by atoms with Crippen LogP contribution in [-0.4, -0.2) is 16.5 Å². The third kappa shape index (κ3) is 1.46. The van der Waals surface area contributed by atoms with Gasteiger partial charge in [0, 0.05) is 6.07 Å². The first kappa shape index (κ1) is 9.08. The molecule has 2 heterocycles. The second-order valence-corrected chi connectivity index (χ2v) is 3.45. The average molecular weight is 193 g/mol. The monoisotopic (exact) mass is 193 g/mol. The summed E-state index contributed by atoms with van der Waals surface area (Å²) in [7, 11) is 0. The van der Waals surface area contributed by atoms with E-state index in [4.69, 9.17) is 0 Å². The first-order chi connectivity index (χ1) is 6.68. The lowest BCUT2D eigenvalue weighted by Gasteiger charge is -2.27. The molecule has 1 aliphatic heterocycles. The molecule has 1 aromatic rings. The Bertz CT molecular complexity index is 374. The van der Waals surface area contributed by atoms with Gasteiger partial charge in [-0.05, 0) is 25.5 Å². The van der Waals surface area contributed by atoms with E-state index in [1.807, 2.05) is 6.92 Å². The standard InChI is InChI=1S/C9H11N3O2/c1-6-4-7(12(13)14)5-11-9(6)8-2-3-10-8/h4-5,8,10H,2-3H2,1H3/t8-/m0/s1. The smallest absolute Gasteiger partial charge is 0.287 e. The van der Waals surface area contributed by atoms with Crippen LogP contribution in [-0.2, 0) is 0 Å². The molecule has 1 aromatic heterocycles. The molecule has 0 spiro atoms. The van der Waals surface area contributed by atoms with Crippen LogP contribution in [0.25, 0.3) is 0 Å². The first-order valence-corrected chi connectivity index (χ1v) is 4.53. The van der Waals surface area contributed by atoms with Crippen molar-refractivity contribution < 1.29 is 4.92 Å². The fourth-order valence-electron chi connectivity index (χ4n) is 1.56. The Kier molecular flexibility index (Phi) is 2.17. The minimum absolute atomic E-state index is 0.0607. The molecule has 5 heteroatoms. The van der Waals surface area contributed by atoms with Crippen LogP contribution in [0.2, 0.25) is 0 Å². The predicted molar refractivity (Wildman–Crippen MR) is 51.0 cm³/mol. The van der Waals surface area contributed by atoms with Crippen molar-refractivity contribution in [3.05, 3.63) is 33.6 Å². The van der Waals surface area contributed by atoms with Crippen molar-refractivity contribution in [3.8, 4) is 0 Å². The van der Waals surface area contributed by atoms with E-state index in [9.17, 15) is 10.1 Å². The Morgan fingerprint density at radius 2 is 2.43 bits per heavy atom. The van der Waals surface area contributed by atoms with E-state index >= 15 is 0 Å². The SMILES string of the molecule is Cc1cc([N+](=O)[O-])cnc1[C@@H]1CCN1. The highest BCUT2D eigenvalue weighted by molar-refractivity contribution is 5.35. The fourth-order valence-corrected chi connectivity index (χ4v) is 1.56. The molecular formula is C9H11N3O2. The molecule has 0 amide bonds. The lowest BCUT2D eigenvalue weighted by Crippen LogP contribution is -2.36. The Morgan fingerprint density at radius 3 is 2.86 bits per heavy atom. The summed E-state index contributed by atoms with van der Waals surface area (Å²) in [4.78, 5) is 14.2. The highest BCUT2D eigenvalue weighted by Crippen LogP contribution is 2.25. The van der Waals surface area contributed by atoms with E-state index in [1.54, 1.807) is 6.07 Å². The van der Waals surface area contributed by atoms with Gasteiger partial charge in [-0.25, -0.2) is 0 Å². The molecule has 1 saturated heterocycles. The molecule has 0 bridgehead atoms. The van der Waals surface area contributed by atoms with Gasteiger partial charge in [0.05, 0.1) is 16.7 Å². The van der Waals surface area contributed by atoms with Crippen molar-refractivity contribution in [2.24, 2.45) is 0 Å². The van der Waals surface area contributed by atoms with Gasteiger partial charge in [0.25, 0.3) is 5.69 Å². The Morgan fingerprint density at radius 1 is 1.71 bits per heavy atom. The molecule has 0 aliphatic carbocycles. The Hall–Kier alpha value is -1.49. The highest BCUT2D eigenvalue weighted by atomic mass is 16.6. The van der Waals surface area contributed by atoms with E-state index in [2.05, 4.69) is 10.3 Å². The van der Waals surface area contributed by atoms with Crippen LogP contribution in [0.15, 0.2) is 12.3 Å². The van der Waals surface area contributed by atoms with Gasteiger partial charge in [0.2, 0.25) is 0 Å². The molecule has 1 atom stereocenters. The number of nitrogens with one attached hydrogen (secondary N) is 1. The number of aromatic nitrogens is 1. The molecule has 0 unspecified atom stereocenters. The van der Waals surface area contributed by atoms with Gasteiger partial charge in [-0.2, -0.15) is 0 Å². The van der Waals surface area contributed by atoms with Crippen molar-refractivity contribution in [1.82, 2.24) is 10.3 Å². The van der Waals surface area contributed by atoms with Gasteiger partial charge in [-0.15, -0.1) is 0 Å². The van der Waals surface area contributed by atoms with E-state index in [-0.39, 0.29) is 11.7 Å². The van der Waals surface area contributed by atoms with Crippen molar-refractivity contribution in [3.63, 3.8) is 0 Å². The summed E-state index contributed by atoms with van der Waals surface area (Å²) in [5, 5.41) is 13.7. The van der Waals surface area contributed by atoms with Crippen LogP contribution in [0, 0.1) is 17.0 Å². The molecule has 2 rings (SSSR count). The van der Waals surface area contributed by atoms with Gasteiger partial charge in [-0.3, -0.25) is 15.1 Å². The predicted octanol–water partition coefficient (Wildman–Crippen LogP) is 1.33. The maximum Gasteiger partial charge on any atom is 0.287 e. The zero-order valence-corrected chi connectivity index (χ0v) is 7.86. The number of hydrogen-bond acceptors (Lipinski definition) is 4. The van der Waals surface area contributed by atoms with Gasteiger partial charge < -0.3 is 5.32 Å². The largest absolute Gasteiger partial charge is 0.309 e. The second kappa shape index (κ2) is 3.34. The molecule has 0 radical (unpaired) electrons. The second-order valence-electron chi connectivity index (χ2n) is 3.45. The number of hydrogen-bond donors (Lipinski definition) is 1. The zero-order valence-electron chi connectivity index (χ0n) is 7.86. The molecule has 74 valence electrons. The quantitative estimate of drug-likeness (QED) is 0.568. The van der Waals surface area contributed by atoms with Crippen molar-refractivity contribution in [2.75, 3.05) is 6.54 Å². The molecule has 0 saturated carbocycles. The van der Waals surface area contributed by atoms with Gasteiger partial charge in [0.15, 0.2) is 0 Å². The van der Waals surface area contributed by atoms with Crippen LogP contribution in [0.5, 0.6) is 0 Å². The summed E-state index contributed by atoms with van der Waals surface area (Å²) in [6.07, 6.45) is 2.38. The molecule has 1 fully saturated rings. The number of nitrogens with zero attached hydrogens (tertiary/aromatic N) is 2. The van der Waals surface area contributed by atoms with E-state index in [1.165, 1.54) is 6.20 Å². The summed E-state index contributed by atoms with van der Waals surface area (Å²) in [6.45, 7) is 2.86. The third-order valence-electron chi connectivity index (χ3n) is 2.47. The van der Waals surface area contributed by atoms with E-state index < -0.39 is 4.92 Å². The first-order valence-electron chi connectivity index (χ1n) is 4.53. The Balaban J connectivity index is 2.30. The average Bonchev–Trinajstić information content (AvgIpc) is 2.04. The maximum absolute atomic E-state index is 10.5. The topological polar surface area (TPSA) is 68.1 Å². The molecule has 0 aromatic carbocycles. The lowest BCUT2D eigenvalue weighted by molar-refractivity contribution is -0.385. The van der Waals surface area contributed by atoms with Crippen LogP contribution in [0.3, 0.4) is 0 Å². The Labute approximate surface area is 81.3 Å². The van der Waals surface area contributed by atoms with Crippen molar-refractivity contribution in [2.45, 2.75) is 19.4 Å². The molecule has 14 heavy (non-hydrogen) atoms. The third-order valence-corrected chi connectivity index (χ3v) is 2.47. The van der Waals surface area contributed by atoms with Gasteiger partial charge in [0.1, 0.15) is 6.20 Å². The summed E-state index contributed by atoms with van der Waals surface area (Å²) < 4.78 is 0. The highest BCUT2D eigenvalue weighted by Gasteiger charge is 2.22. The van der Waals surface area contributed by atoms with Gasteiger partial charge >= 0.3 is 0 Å². The van der Waals surface area contributed by atoms with Crippen LogP contribution < -0.4 is 5.32 Å². The van der Waals surface area contributed by atoms with Crippen molar-refractivity contribution >= 4 is 5.69 Å². The minimum atomic E-state index is -0.419. The zero-order chi connectivity index (χ0) is 10.1. The van der Waals surface area contributed by atoms with E-state index in [0.29, 0.717) is 0 Å². The molecule has 5 nitrogen and oxygen atoms in total. The minimum Gasteiger partial charge on any atom is -0.309 e. The van der Waals surface area contributed by atoms with Crippen LogP contribution in [0.4, 0.5) is 5.69 Å². The summed E-state index contributed by atoms with van der Waals surface area (Å²) >= 11 is 0. The number of nitro groups is 1. The fraction of sp³-hybridized carbons (Fsp3) is 0.444. The van der Waals surface area contributed by atoms with Crippen molar-refractivity contribution in [1.29, 1.82) is 0 Å².